The van der Waals surface area contributed by atoms with Crippen LogP contribution >= 0.6 is 0 Å². The van der Waals surface area contributed by atoms with Gasteiger partial charge in [-0.25, -0.2) is 11.9 Å². The molecule has 3 saturated carbocycles. The minimum atomic E-state index is -1.13. The van der Waals surface area contributed by atoms with Crippen LogP contribution in [0.25, 0.3) is 0 Å². The zero-order valence-corrected chi connectivity index (χ0v) is 22.6. The van der Waals surface area contributed by atoms with Gasteiger partial charge in [0.2, 0.25) is 5.78 Å². The predicted molar refractivity (Wildman–Crippen MR) is 115 cm³/mol. The van der Waals surface area contributed by atoms with Crippen molar-refractivity contribution < 1.29 is 61.8 Å². The van der Waals surface area contributed by atoms with Gasteiger partial charge in [-0.05, 0) is 36.2 Å². The van der Waals surface area contributed by atoms with E-state index in [4.69, 9.17) is 9.57 Å². The molecule has 8 heteroatoms. The van der Waals surface area contributed by atoms with E-state index < -0.39 is 33.9 Å². The fraction of sp³-hybridized carbons (Fsp3) is 0.680. The minimum absolute atomic E-state index is 0. The number of fused-ring (bicyclic) bond motifs is 7. The van der Waals surface area contributed by atoms with E-state index in [1.165, 1.54) is 6.92 Å². The molecule has 177 valence electrons. The summed E-state index contributed by atoms with van der Waals surface area (Å²) < 4.78 is 5.08. The van der Waals surface area contributed by atoms with Crippen LogP contribution in [0.4, 0.5) is 0 Å². The van der Waals surface area contributed by atoms with E-state index in [1.54, 1.807) is 12.2 Å². The third-order valence-corrected chi connectivity index (χ3v) is 9.92. The van der Waals surface area contributed by atoms with Gasteiger partial charge in [0.05, 0.1) is 11.9 Å². The Morgan fingerprint density at radius 1 is 1.30 bits per heavy atom. The first-order chi connectivity index (χ1) is 15.0. The van der Waals surface area contributed by atoms with Crippen LogP contribution in [0.2, 0.25) is 0 Å². The van der Waals surface area contributed by atoms with Crippen molar-refractivity contribution >= 4 is 17.5 Å². The number of Topliss-reactive ketones (excluding diaryl/α,β-unsaturated/α-hetero) is 1. The molecule has 0 aromatic rings. The Kier molecular flexibility index (Phi) is 6.19. The standard InChI is InChI=1S/C25H32NO6.Y/c1-14(27)31-13-21(30)25-16(12-26-32-25)10-19-18-6-5-15-9-17(28)7-8-22(15,2)24(18,4)20(29)11-23(19,25)3;/h5,7-9,16,18-20,26,29H,6,10-13H2,1-4H3;/q-1;/t16-,18-,19-,20-,22-,23-,24+,25-;/m0./s1. The summed E-state index contributed by atoms with van der Waals surface area (Å²) in [5.74, 6) is -0.549. The fourth-order valence-corrected chi connectivity index (χ4v) is 8.08. The molecule has 0 bridgehead atoms. The molecule has 1 heterocycles. The predicted octanol–water partition coefficient (Wildman–Crippen LogP) is 2.10. The van der Waals surface area contributed by atoms with Crippen LogP contribution in [0.1, 0.15) is 47.0 Å². The fourth-order valence-electron chi connectivity index (χ4n) is 8.08. The van der Waals surface area contributed by atoms with Crippen LogP contribution in [-0.2, 0) is 56.7 Å². The van der Waals surface area contributed by atoms with Crippen LogP contribution in [0.5, 0.6) is 0 Å². The largest absolute Gasteiger partial charge is 0.458 e. The summed E-state index contributed by atoms with van der Waals surface area (Å²) in [5.41, 5.74) is 1.22. The number of esters is 1. The van der Waals surface area contributed by atoms with Gasteiger partial charge in [0.15, 0.2) is 12.2 Å². The molecule has 0 aromatic heterocycles. The molecule has 0 spiro atoms. The van der Waals surface area contributed by atoms with Gasteiger partial charge in [-0.1, -0.05) is 33.3 Å². The first kappa shape index (κ1) is 25.2. The summed E-state index contributed by atoms with van der Waals surface area (Å²) in [4.78, 5) is 43.0. The maximum Gasteiger partial charge on any atom is 0.303 e. The molecule has 1 saturated heterocycles. The number of ketones is 2. The summed E-state index contributed by atoms with van der Waals surface area (Å²) in [6, 6.07) is 0. The van der Waals surface area contributed by atoms with E-state index in [0.29, 0.717) is 13.0 Å². The smallest absolute Gasteiger partial charge is 0.303 e. The third kappa shape index (κ3) is 3.05. The van der Waals surface area contributed by atoms with Crippen LogP contribution in [0.15, 0.2) is 23.8 Å². The zero-order chi connectivity index (χ0) is 23.1. The monoisotopic (exact) mass is 531 g/mol. The van der Waals surface area contributed by atoms with Gasteiger partial charge in [0.1, 0.15) is 0 Å². The molecule has 4 fully saturated rings. The molecule has 1 radical (unpaired) electrons. The molecule has 1 aliphatic heterocycles. The molecule has 8 atom stereocenters. The second-order valence-electron chi connectivity index (χ2n) is 10.9. The van der Waals surface area contributed by atoms with Crippen LogP contribution in [0.3, 0.4) is 0 Å². The van der Waals surface area contributed by atoms with E-state index in [2.05, 4.69) is 32.7 Å². The number of hydrogen-bond donors (Lipinski definition) is 2. The molecule has 0 amide bonds. The number of allylic oxidation sites excluding steroid dienone is 4. The molecule has 33 heavy (non-hydrogen) atoms. The Hall–Kier alpha value is -0.856. The number of carbonyl (C=O) groups excluding carboxylic acids is 3. The molecular formula is C25H32NO6Y-. The van der Waals surface area contributed by atoms with Crippen molar-refractivity contribution in [1.82, 2.24) is 5.48 Å². The SMILES string of the molecule is CC(=O)OCC(=O)[C@@]12ONC[C@@H]1C[C@H]1[C@@H]3C[CH-]C4=CC(=O)C=C[C@]4(C)[C@@]3(C)[C@@H](O)C[C@@]12C.[Y]. The summed E-state index contributed by atoms with van der Waals surface area (Å²) in [7, 11) is 0. The Bertz CT molecular complexity index is 963. The van der Waals surface area contributed by atoms with Crippen molar-refractivity contribution in [2.45, 2.75) is 58.7 Å². The topological polar surface area (TPSA) is 102 Å². The molecule has 0 unspecified atom stereocenters. The van der Waals surface area contributed by atoms with Gasteiger partial charge in [-0.2, -0.15) is 11.6 Å². The summed E-state index contributed by atoms with van der Waals surface area (Å²) >= 11 is 0. The second-order valence-corrected chi connectivity index (χ2v) is 10.9. The summed E-state index contributed by atoms with van der Waals surface area (Å²) in [6.07, 6.45) is 8.67. The summed E-state index contributed by atoms with van der Waals surface area (Å²) in [5, 5.41) is 11.7. The first-order valence-corrected chi connectivity index (χ1v) is 11.5. The van der Waals surface area contributed by atoms with E-state index in [0.717, 1.165) is 18.4 Å². The number of hydrogen-bond acceptors (Lipinski definition) is 7. The normalized spacial score (nSPS) is 47.2. The second kappa shape index (κ2) is 8.09. The number of aliphatic hydroxyl groups is 1. The van der Waals surface area contributed by atoms with Gasteiger partial charge < -0.3 is 14.6 Å². The van der Waals surface area contributed by atoms with Crippen molar-refractivity contribution in [2.75, 3.05) is 13.2 Å². The van der Waals surface area contributed by atoms with Crippen molar-refractivity contribution in [1.29, 1.82) is 0 Å². The Morgan fingerprint density at radius 3 is 2.73 bits per heavy atom. The maximum absolute atomic E-state index is 13.5. The van der Waals surface area contributed by atoms with Crippen LogP contribution < -0.4 is 5.48 Å². The molecule has 5 rings (SSSR count). The quantitative estimate of drug-likeness (QED) is 0.425. The molecular weight excluding hydrogens is 499 g/mol. The maximum atomic E-state index is 13.5. The van der Waals surface area contributed by atoms with E-state index >= 15 is 0 Å². The number of hydroxylamine groups is 1. The number of carbonyl (C=O) groups is 3. The number of rotatable bonds is 3. The van der Waals surface area contributed by atoms with Crippen molar-refractivity contribution in [2.24, 2.45) is 34.0 Å². The van der Waals surface area contributed by atoms with Gasteiger partial charge >= 0.3 is 5.97 Å². The molecule has 2 N–H and O–H groups in total. The van der Waals surface area contributed by atoms with Gasteiger partial charge in [-0.15, -0.1) is 0 Å². The summed E-state index contributed by atoms with van der Waals surface area (Å²) in [6.45, 7) is 7.84. The zero-order valence-electron chi connectivity index (χ0n) is 19.7. The minimum Gasteiger partial charge on any atom is -0.458 e. The van der Waals surface area contributed by atoms with E-state index in [9.17, 15) is 19.5 Å². The van der Waals surface area contributed by atoms with Crippen molar-refractivity contribution in [3.63, 3.8) is 0 Å². The Balaban J connectivity index is 0.00000259. The molecule has 7 nitrogen and oxygen atoms in total. The van der Waals surface area contributed by atoms with E-state index in [1.807, 2.05) is 6.08 Å². The number of aliphatic hydroxyl groups excluding tert-OH is 1. The Morgan fingerprint density at radius 2 is 2.03 bits per heavy atom. The van der Waals surface area contributed by atoms with Gasteiger partial charge in [0, 0.05) is 62.9 Å². The average molecular weight is 531 g/mol. The van der Waals surface area contributed by atoms with E-state index in [-0.39, 0.29) is 68.6 Å². The third-order valence-electron chi connectivity index (χ3n) is 9.92. The van der Waals surface area contributed by atoms with Crippen LogP contribution in [-0.4, -0.2) is 47.5 Å². The number of ether oxygens (including phenoxy) is 1. The number of nitrogens with one attached hydrogen (secondary N) is 1. The average Bonchev–Trinajstić information content (AvgIpc) is 3.25. The van der Waals surface area contributed by atoms with Crippen LogP contribution in [0, 0.1) is 40.4 Å². The van der Waals surface area contributed by atoms with Crippen molar-refractivity contribution in [3.8, 4) is 0 Å². The first-order valence-electron chi connectivity index (χ1n) is 11.5. The molecule has 0 aromatic carbocycles. The van der Waals surface area contributed by atoms with Crippen molar-refractivity contribution in [3.05, 3.63) is 30.2 Å². The van der Waals surface area contributed by atoms with Gasteiger partial charge in [-0.3, -0.25) is 14.4 Å². The molecule has 5 aliphatic rings. The van der Waals surface area contributed by atoms with Gasteiger partial charge in [0.25, 0.3) is 0 Å². The molecule has 4 aliphatic carbocycles. The Labute approximate surface area is 219 Å².